The SMILES string of the molecule is CCOC(=O)c1ccc(C(=O)NCCOc2cccc(C(=N)N)c2)cc1.O=C(O)C(F)(F)F.O=C(O)C(F)(F)F. The van der Waals surface area contributed by atoms with E-state index in [4.69, 9.17) is 40.4 Å². The first-order chi connectivity index (χ1) is 18.4. The zero-order valence-electron chi connectivity index (χ0n) is 20.4. The van der Waals surface area contributed by atoms with Gasteiger partial charge in [0.25, 0.3) is 5.91 Å². The van der Waals surface area contributed by atoms with Crippen LogP contribution in [-0.2, 0) is 14.3 Å². The molecule has 2 aromatic rings. The van der Waals surface area contributed by atoms with Crippen LogP contribution in [0.4, 0.5) is 26.3 Å². The second kappa shape index (κ2) is 16.2. The predicted molar refractivity (Wildman–Crippen MR) is 125 cm³/mol. The number of carbonyl (C=O) groups is 4. The number of esters is 1. The highest BCUT2D eigenvalue weighted by Crippen LogP contribution is 2.14. The average molecular weight is 583 g/mol. The van der Waals surface area contributed by atoms with Crippen LogP contribution in [0.3, 0.4) is 0 Å². The Morgan fingerprint density at radius 3 is 1.77 bits per heavy atom. The highest BCUT2D eigenvalue weighted by Gasteiger charge is 2.38. The lowest BCUT2D eigenvalue weighted by molar-refractivity contribution is -0.193. The minimum atomic E-state index is -5.08. The number of aliphatic carboxylic acids is 2. The second-order valence-electron chi connectivity index (χ2n) is 6.95. The highest BCUT2D eigenvalue weighted by molar-refractivity contribution is 5.96. The number of hydrogen-bond donors (Lipinski definition) is 5. The molecule has 17 heteroatoms. The molecule has 6 N–H and O–H groups in total. The standard InChI is InChI=1S/C19H21N3O4.2C2HF3O2/c1-2-25-19(24)14-8-6-13(7-9-14)18(23)22-10-11-26-16-5-3-4-15(12-16)17(20)21;2*3-2(4,5)1(6)7/h3-9,12H,2,10-11H2,1H3,(H3,20,21)(H,22,23);2*(H,6,7). The van der Waals surface area contributed by atoms with E-state index in [0.29, 0.717) is 35.6 Å². The van der Waals surface area contributed by atoms with Gasteiger partial charge in [-0.05, 0) is 43.3 Å². The fourth-order valence-corrected chi connectivity index (χ4v) is 2.16. The van der Waals surface area contributed by atoms with Gasteiger partial charge in [0.1, 0.15) is 18.2 Å². The third kappa shape index (κ3) is 14.2. The van der Waals surface area contributed by atoms with Gasteiger partial charge >= 0.3 is 30.3 Å². The highest BCUT2D eigenvalue weighted by atomic mass is 19.4. The lowest BCUT2D eigenvalue weighted by atomic mass is 10.1. The Morgan fingerprint density at radius 1 is 0.875 bits per heavy atom. The molecule has 1 amide bonds. The number of amidine groups is 1. The number of amides is 1. The molecule has 0 bridgehead atoms. The van der Waals surface area contributed by atoms with E-state index in [9.17, 15) is 35.9 Å². The van der Waals surface area contributed by atoms with E-state index < -0.39 is 30.3 Å². The van der Waals surface area contributed by atoms with Crippen molar-refractivity contribution in [2.24, 2.45) is 5.73 Å². The molecule has 0 saturated carbocycles. The van der Waals surface area contributed by atoms with Gasteiger partial charge in [-0.15, -0.1) is 0 Å². The molecule has 0 radical (unpaired) electrons. The first-order valence-electron chi connectivity index (χ1n) is 10.6. The molecular weight excluding hydrogens is 560 g/mol. The number of alkyl halides is 6. The van der Waals surface area contributed by atoms with Gasteiger partial charge in [0, 0.05) is 11.1 Å². The Kier molecular flexibility index (Phi) is 14.2. The Bertz CT molecular complexity index is 1140. The number of nitrogen functional groups attached to an aromatic ring is 1. The zero-order valence-corrected chi connectivity index (χ0v) is 20.4. The van der Waals surface area contributed by atoms with Gasteiger partial charge in [0.2, 0.25) is 0 Å². The summed E-state index contributed by atoms with van der Waals surface area (Å²) in [5, 5.41) is 24.4. The molecule has 2 rings (SSSR count). The molecule has 0 spiro atoms. The summed E-state index contributed by atoms with van der Waals surface area (Å²) in [7, 11) is 0. The van der Waals surface area contributed by atoms with Crippen molar-refractivity contribution in [1.29, 1.82) is 5.41 Å². The normalized spacial score (nSPS) is 10.5. The summed E-state index contributed by atoms with van der Waals surface area (Å²) in [5.74, 6) is -5.65. The molecule has 0 aliphatic rings. The van der Waals surface area contributed by atoms with E-state index in [0.717, 1.165) is 0 Å². The van der Waals surface area contributed by atoms with Crippen LogP contribution in [0.15, 0.2) is 48.5 Å². The maximum atomic E-state index is 12.1. The fraction of sp³-hybridized carbons (Fsp3) is 0.261. The summed E-state index contributed by atoms with van der Waals surface area (Å²) in [6, 6.07) is 13.1. The van der Waals surface area contributed by atoms with Gasteiger partial charge in [-0.25, -0.2) is 14.4 Å². The van der Waals surface area contributed by atoms with E-state index >= 15 is 0 Å². The number of benzene rings is 2. The smallest absolute Gasteiger partial charge is 0.490 e. The summed E-state index contributed by atoms with van der Waals surface area (Å²) in [6.45, 7) is 2.62. The van der Waals surface area contributed by atoms with Crippen LogP contribution in [0, 0.1) is 5.41 Å². The van der Waals surface area contributed by atoms with Crippen LogP contribution in [0.25, 0.3) is 0 Å². The minimum Gasteiger partial charge on any atom is -0.492 e. The van der Waals surface area contributed by atoms with Gasteiger partial charge in [0.15, 0.2) is 0 Å². The molecular formula is C23H23F6N3O8. The molecule has 40 heavy (non-hydrogen) atoms. The Hall–Kier alpha value is -4.83. The summed E-state index contributed by atoms with van der Waals surface area (Å²) in [4.78, 5) is 41.4. The number of rotatable bonds is 8. The van der Waals surface area contributed by atoms with Crippen molar-refractivity contribution in [1.82, 2.24) is 5.32 Å². The Morgan fingerprint density at radius 2 is 1.35 bits per heavy atom. The first-order valence-corrected chi connectivity index (χ1v) is 10.6. The van der Waals surface area contributed by atoms with Crippen molar-refractivity contribution in [2.75, 3.05) is 19.8 Å². The van der Waals surface area contributed by atoms with Gasteiger partial charge in [-0.1, -0.05) is 12.1 Å². The molecule has 11 nitrogen and oxygen atoms in total. The first kappa shape index (κ1) is 35.2. The summed E-state index contributed by atoms with van der Waals surface area (Å²) < 4.78 is 73.9. The fourth-order valence-electron chi connectivity index (χ4n) is 2.16. The van der Waals surface area contributed by atoms with E-state index in [1.165, 1.54) is 0 Å². The number of nitrogens with two attached hydrogens (primary N) is 1. The summed E-state index contributed by atoms with van der Waals surface area (Å²) >= 11 is 0. The van der Waals surface area contributed by atoms with Crippen molar-refractivity contribution in [3.8, 4) is 5.75 Å². The van der Waals surface area contributed by atoms with Crippen molar-refractivity contribution < 1.29 is 65.2 Å². The van der Waals surface area contributed by atoms with Crippen LogP contribution in [-0.4, -0.2) is 72.0 Å². The van der Waals surface area contributed by atoms with Gasteiger partial charge in [-0.2, -0.15) is 26.3 Å². The van der Waals surface area contributed by atoms with Crippen molar-refractivity contribution in [2.45, 2.75) is 19.3 Å². The number of ether oxygens (including phenoxy) is 2. The molecule has 2 aromatic carbocycles. The van der Waals surface area contributed by atoms with Gasteiger partial charge < -0.3 is 30.7 Å². The molecule has 0 saturated heterocycles. The molecule has 0 aliphatic heterocycles. The van der Waals surface area contributed by atoms with Gasteiger partial charge in [-0.3, -0.25) is 10.2 Å². The molecule has 0 aliphatic carbocycles. The quantitative estimate of drug-likeness (QED) is 0.102. The molecule has 220 valence electrons. The number of hydrogen-bond acceptors (Lipinski definition) is 7. The maximum Gasteiger partial charge on any atom is 0.490 e. The topological polar surface area (TPSA) is 189 Å². The number of nitrogens with one attached hydrogen (secondary N) is 2. The Balaban J connectivity index is 0.000000894. The molecule has 0 unspecified atom stereocenters. The van der Waals surface area contributed by atoms with E-state index in [1.807, 2.05) is 0 Å². The molecule has 0 aromatic heterocycles. The lowest BCUT2D eigenvalue weighted by Gasteiger charge is -2.09. The number of carbonyl (C=O) groups excluding carboxylic acids is 2. The van der Waals surface area contributed by atoms with Crippen LogP contribution in [0.2, 0.25) is 0 Å². The lowest BCUT2D eigenvalue weighted by Crippen LogP contribution is -2.28. The van der Waals surface area contributed by atoms with Crippen molar-refractivity contribution in [3.05, 3.63) is 65.2 Å². The Labute approximate surface area is 222 Å². The second-order valence-corrected chi connectivity index (χ2v) is 6.95. The minimum absolute atomic E-state index is 0.0324. The number of carboxylic acids is 2. The summed E-state index contributed by atoms with van der Waals surface area (Å²) in [5.41, 5.74) is 6.85. The van der Waals surface area contributed by atoms with E-state index in [2.05, 4.69) is 5.32 Å². The average Bonchev–Trinajstić information content (AvgIpc) is 2.86. The largest absolute Gasteiger partial charge is 0.492 e. The monoisotopic (exact) mass is 583 g/mol. The third-order valence-corrected chi connectivity index (χ3v) is 3.94. The number of halogens is 6. The third-order valence-electron chi connectivity index (χ3n) is 3.94. The number of carboxylic acid groups (broad SMARTS) is 2. The molecule has 0 atom stereocenters. The molecule has 0 fully saturated rings. The summed E-state index contributed by atoms with van der Waals surface area (Å²) in [6.07, 6.45) is -10.2. The maximum absolute atomic E-state index is 12.1. The van der Waals surface area contributed by atoms with Crippen LogP contribution < -0.4 is 15.8 Å². The van der Waals surface area contributed by atoms with Crippen LogP contribution in [0.5, 0.6) is 5.75 Å². The van der Waals surface area contributed by atoms with Crippen molar-refractivity contribution >= 4 is 29.7 Å². The predicted octanol–water partition coefficient (Wildman–Crippen LogP) is 3.22. The zero-order chi connectivity index (χ0) is 31.1. The van der Waals surface area contributed by atoms with Gasteiger partial charge in [0.05, 0.1) is 18.7 Å². The van der Waals surface area contributed by atoms with Crippen LogP contribution in [0.1, 0.15) is 33.2 Å². The van der Waals surface area contributed by atoms with Crippen molar-refractivity contribution in [3.63, 3.8) is 0 Å². The van der Waals surface area contributed by atoms with Crippen LogP contribution >= 0.6 is 0 Å². The van der Waals surface area contributed by atoms with E-state index in [1.54, 1.807) is 55.5 Å². The van der Waals surface area contributed by atoms with E-state index in [-0.39, 0.29) is 18.3 Å². The molecule has 0 heterocycles.